The average molecular weight is 274 g/mol. The molecular formula is C10H10BrO4-. The first-order valence-electron chi connectivity index (χ1n) is 4.27. The quantitative estimate of drug-likeness (QED) is 0.746. The summed E-state index contributed by atoms with van der Waals surface area (Å²) in [5.74, 6) is -0.973. The van der Waals surface area contributed by atoms with Gasteiger partial charge in [-0.2, -0.15) is 0 Å². The van der Waals surface area contributed by atoms with Gasteiger partial charge in [-0.15, -0.1) is 0 Å². The van der Waals surface area contributed by atoms with Gasteiger partial charge in [-0.3, -0.25) is 0 Å². The molecule has 5 heteroatoms. The Hall–Kier alpha value is -1.07. The molecular weight excluding hydrogens is 264 g/mol. The van der Waals surface area contributed by atoms with E-state index in [0.29, 0.717) is 17.7 Å². The minimum atomic E-state index is -1.26. The maximum atomic E-state index is 10.8. The molecule has 0 saturated carbocycles. The van der Waals surface area contributed by atoms with Gasteiger partial charge >= 0.3 is 0 Å². The molecule has 1 aromatic carbocycles. The molecule has 0 unspecified atom stereocenters. The Morgan fingerprint density at radius 2 is 2.20 bits per heavy atom. The summed E-state index contributed by atoms with van der Waals surface area (Å²) in [7, 11) is 1.55. The van der Waals surface area contributed by atoms with E-state index in [0.717, 1.165) is 0 Å². The number of rotatable bonds is 5. The van der Waals surface area contributed by atoms with Crippen molar-refractivity contribution in [2.45, 2.75) is 0 Å². The van der Waals surface area contributed by atoms with E-state index >= 15 is 0 Å². The van der Waals surface area contributed by atoms with Gasteiger partial charge in [0.05, 0.1) is 12.6 Å². The summed E-state index contributed by atoms with van der Waals surface area (Å²) in [6.45, 7) is 0.709. The van der Waals surface area contributed by atoms with Crippen LogP contribution in [-0.2, 0) is 4.74 Å². The molecule has 1 aromatic rings. The van der Waals surface area contributed by atoms with Crippen molar-refractivity contribution in [1.82, 2.24) is 0 Å². The molecule has 4 nitrogen and oxygen atoms in total. The number of carboxylic acids is 1. The molecule has 0 saturated heterocycles. The molecule has 0 aliphatic heterocycles. The number of methoxy groups -OCH3 is 1. The smallest absolute Gasteiger partial charge is 0.128 e. The number of halogens is 1. The molecule has 0 aromatic heterocycles. The summed E-state index contributed by atoms with van der Waals surface area (Å²) in [6, 6.07) is 4.72. The fourth-order valence-corrected chi connectivity index (χ4v) is 1.38. The first-order chi connectivity index (χ1) is 7.15. The van der Waals surface area contributed by atoms with Crippen LogP contribution in [0.15, 0.2) is 22.7 Å². The third kappa shape index (κ3) is 3.53. The van der Waals surface area contributed by atoms with Crippen molar-refractivity contribution in [3.63, 3.8) is 0 Å². The summed E-state index contributed by atoms with van der Waals surface area (Å²) in [6.07, 6.45) is 0. The Balaban J connectivity index is 2.81. The average Bonchev–Trinajstić information content (AvgIpc) is 2.20. The van der Waals surface area contributed by atoms with Gasteiger partial charge in [0.1, 0.15) is 12.4 Å². The van der Waals surface area contributed by atoms with Gasteiger partial charge in [0.25, 0.3) is 0 Å². The number of benzene rings is 1. The van der Waals surface area contributed by atoms with E-state index in [2.05, 4.69) is 15.9 Å². The zero-order valence-electron chi connectivity index (χ0n) is 8.16. The highest BCUT2D eigenvalue weighted by atomic mass is 79.9. The Bertz CT molecular complexity index is 351. The van der Waals surface area contributed by atoms with Crippen molar-refractivity contribution in [3.8, 4) is 5.75 Å². The van der Waals surface area contributed by atoms with Crippen molar-refractivity contribution in [3.05, 3.63) is 28.2 Å². The molecule has 0 aliphatic carbocycles. The molecule has 0 aliphatic rings. The van der Waals surface area contributed by atoms with Gasteiger partial charge in [-0.1, -0.05) is 15.9 Å². The summed E-state index contributed by atoms with van der Waals surface area (Å²) in [4.78, 5) is 10.8. The summed E-state index contributed by atoms with van der Waals surface area (Å²) >= 11 is 3.18. The van der Waals surface area contributed by atoms with Gasteiger partial charge in [0, 0.05) is 17.1 Å². The predicted octanol–water partition coefficient (Wildman–Crippen LogP) is 0.838. The fourth-order valence-electron chi connectivity index (χ4n) is 1.02. The maximum Gasteiger partial charge on any atom is 0.128 e. The van der Waals surface area contributed by atoms with Crippen LogP contribution in [0.5, 0.6) is 5.75 Å². The molecule has 0 fully saturated rings. The van der Waals surface area contributed by atoms with Gasteiger partial charge in [-0.05, 0) is 18.2 Å². The van der Waals surface area contributed by atoms with Crippen LogP contribution in [0, 0.1) is 0 Å². The van der Waals surface area contributed by atoms with Crippen molar-refractivity contribution in [2.75, 3.05) is 20.3 Å². The highest BCUT2D eigenvalue weighted by Crippen LogP contribution is 2.22. The van der Waals surface area contributed by atoms with Crippen molar-refractivity contribution in [1.29, 1.82) is 0 Å². The molecule has 0 spiro atoms. The Morgan fingerprint density at radius 1 is 1.47 bits per heavy atom. The van der Waals surface area contributed by atoms with Gasteiger partial charge < -0.3 is 19.4 Å². The summed E-state index contributed by atoms with van der Waals surface area (Å²) in [5, 5.41) is 10.8. The third-order valence-corrected chi connectivity index (χ3v) is 2.20. The molecule has 0 amide bonds. The highest BCUT2D eigenvalue weighted by Gasteiger charge is 2.05. The molecule has 0 N–H and O–H groups in total. The molecule has 0 heterocycles. The lowest BCUT2D eigenvalue weighted by atomic mass is 10.2. The second kappa shape index (κ2) is 5.72. The van der Waals surface area contributed by atoms with E-state index in [-0.39, 0.29) is 11.3 Å². The minimum absolute atomic E-state index is 0.0282. The van der Waals surface area contributed by atoms with Crippen LogP contribution >= 0.6 is 15.9 Å². The number of carbonyl (C=O) groups excluding carboxylic acids is 1. The van der Waals surface area contributed by atoms with E-state index in [1.807, 2.05) is 0 Å². The van der Waals surface area contributed by atoms with Crippen molar-refractivity contribution < 1.29 is 19.4 Å². The SMILES string of the molecule is COCCOc1ccc(Br)cc1C(=O)[O-]. The van der Waals surface area contributed by atoms with Crippen LogP contribution < -0.4 is 9.84 Å². The van der Waals surface area contributed by atoms with E-state index in [1.54, 1.807) is 19.2 Å². The molecule has 15 heavy (non-hydrogen) atoms. The number of carboxylic acid groups (broad SMARTS) is 1. The molecule has 0 bridgehead atoms. The van der Waals surface area contributed by atoms with E-state index in [1.165, 1.54) is 6.07 Å². The van der Waals surface area contributed by atoms with Crippen LogP contribution in [0.1, 0.15) is 10.4 Å². The molecule has 1 rings (SSSR count). The van der Waals surface area contributed by atoms with Gasteiger partial charge in [0.2, 0.25) is 0 Å². The third-order valence-electron chi connectivity index (χ3n) is 1.71. The summed E-state index contributed by atoms with van der Waals surface area (Å²) in [5.41, 5.74) is 0.0282. The lowest BCUT2D eigenvalue weighted by molar-refractivity contribution is -0.255. The largest absolute Gasteiger partial charge is 0.545 e. The lowest BCUT2D eigenvalue weighted by Gasteiger charge is -2.12. The van der Waals surface area contributed by atoms with Crippen LogP contribution in [0.4, 0.5) is 0 Å². The normalized spacial score (nSPS) is 10.0. The van der Waals surface area contributed by atoms with E-state index < -0.39 is 5.97 Å². The fraction of sp³-hybridized carbons (Fsp3) is 0.300. The Labute approximate surface area is 95.9 Å². The lowest BCUT2D eigenvalue weighted by Crippen LogP contribution is -2.23. The van der Waals surface area contributed by atoms with Gasteiger partial charge in [0.15, 0.2) is 0 Å². The van der Waals surface area contributed by atoms with Crippen molar-refractivity contribution in [2.24, 2.45) is 0 Å². The Kier molecular flexibility index (Phi) is 4.58. The number of aromatic carboxylic acids is 1. The van der Waals surface area contributed by atoms with Crippen LogP contribution in [0.25, 0.3) is 0 Å². The maximum absolute atomic E-state index is 10.8. The first kappa shape index (κ1) is 12.0. The second-order valence-corrected chi connectivity index (χ2v) is 3.68. The van der Waals surface area contributed by atoms with Crippen LogP contribution in [0.3, 0.4) is 0 Å². The Morgan fingerprint density at radius 3 is 2.80 bits per heavy atom. The monoisotopic (exact) mass is 273 g/mol. The van der Waals surface area contributed by atoms with Crippen LogP contribution in [0.2, 0.25) is 0 Å². The minimum Gasteiger partial charge on any atom is -0.545 e. The molecule has 0 radical (unpaired) electrons. The molecule has 82 valence electrons. The van der Waals surface area contributed by atoms with Crippen molar-refractivity contribution >= 4 is 21.9 Å². The number of hydrogen-bond donors (Lipinski definition) is 0. The zero-order valence-corrected chi connectivity index (χ0v) is 9.74. The van der Waals surface area contributed by atoms with E-state index in [9.17, 15) is 9.90 Å². The number of hydrogen-bond acceptors (Lipinski definition) is 4. The van der Waals surface area contributed by atoms with Gasteiger partial charge in [-0.25, -0.2) is 0 Å². The number of carbonyl (C=O) groups is 1. The van der Waals surface area contributed by atoms with E-state index in [4.69, 9.17) is 9.47 Å². The predicted molar refractivity (Wildman–Crippen MR) is 55.8 cm³/mol. The summed E-state index contributed by atoms with van der Waals surface area (Å²) < 4.78 is 10.7. The topological polar surface area (TPSA) is 58.6 Å². The van der Waals surface area contributed by atoms with Crippen LogP contribution in [-0.4, -0.2) is 26.3 Å². The number of ether oxygens (including phenoxy) is 2. The highest BCUT2D eigenvalue weighted by molar-refractivity contribution is 9.10. The standard InChI is InChI=1S/C10H11BrO4/c1-14-4-5-15-9-3-2-7(11)6-8(9)10(12)13/h2-3,6H,4-5H2,1H3,(H,12,13)/p-1. The molecule has 0 atom stereocenters. The second-order valence-electron chi connectivity index (χ2n) is 2.77. The first-order valence-corrected chi connectivity index (χ1v) is 5.07. The zero-order chi connectivity index (χ0) is 11.3.